The number of nitrogens with one attached hydrogen (secondary N) is 1. The number of likely N-dealkylation sites (tertiary alicyclic amines) is 1. The van der Waals surface area contributed by atoms with Crippen molar-refractivity contribution < 1.29 is 9.90 Å². The van der Waals surface area contributed by atoms with Crippen molar-refractivity contribution >= 4 is 17.2 Å². The van der Waals surface area contributed by atoms with E-state index in [2.05, 4.69) is 23.2 Å². The van der Waals surface area contributed by atoms with Gasteiger partial charge in [-0.05, 0) is 42.8 Å². The van der Waals surface area contributed by atoms with Crippen LogP contribution < -0.4 is 5.32 Å². The Hall–Kier alpha value is -0.910. The van der Waals surface area contributed by atoms with Crippen LogP contribution in [0.1, 0.15) is 16.9 Å². The minimum Gasteiger partial charge on any atom is -0.396 e. The topological polar surface area (TPSA) is 52.6 Å². The second-order valence-electron chi connectivity index (χ2n) is 4.88. The predicted molar refractivity (Wildman–Crippen MR) is 72.5 cm³/mol. The van der Waals surface area contributed by atoms with Crippen molar-refractivity contribution in [3.8, 4) is 0 Å². The van der Waals surface area contributed by atoms with Crippen LogP contribution in [0.5, 0.6) is 0 Å². The highest BCUT2D eigenvalue weighted by Crippen LogP contribution is 2.16. The van der Waals surface area contributed by atoms with Crippen molar-refractivity contribution in [1.82, 2.24) is 10.2 Å². The summed E-state index contributed by atoms with van der Waals surface area (Å²) in [5.74, 6) is 0.415. The Morgan fingerprint density at radius 2 is 2.50 bits per heavy atom. The molecule has 1 fully saturated rings. The number of hydrogen-bond acceptors (Lipinski definition) is 4. The second-order valence-corrected chi connectivity index (χ2v) is 5.88. The van der Waals surface area contributed by atoms with Gasteiger partial charge in [-0.15, -0.1) is 11.3 Å². The third-order valence-electron chi connectivity index (χ3n) is 3.41. The first-order valence-electron chi connectivity index (χ1n) is 6.32. The number of thiophene rings is 1. The Balaban J connectivity index is 1.71. The van der Waals surface area contributed by atoms with E-state index in [9.17, 15) is 4.79 Å². The molecule has 5 heteroatoms. The average molecular weight is 268 g/mol. The molecule has 2 rings (SSSR count). The van der Waals surface area contributed by atoms with Crippen molar-refractivity contribution in [2.45, 2.75) is 19.9 Å². The van der Waals surface area contributed by atoms with Crippen LogP contribution in [0.15, 0.2) is 11.4 Å². The van der Waals surface area contributed by atoms with Gasteiger partial charge in [-0.1, -0.05) is 0 Å². The zero-order valence-corrected chi connectivity index (χ0v) is 11.5. The molecule has 1 unspecified atom stereocenters. The number of carbonyl (C=O) groups excluding carboxylic acids is 1. The lowest BCUT2D eigenvalue weighted by Crippen LogP contribution is -2.35. The third-order valence-corrected chi connectivity index (χ3v) is 4.43. The van der Waals surface area contributed by atoms with E-state index in [1.165, 1.54) is 10.4 Å². The van der Waals surface area contributed by atoms with Gasteiger partial charge < -0.3 is 10.4 Å². The molecule has 0 spiro atoms. The molecule has 1 amide bonds. The van der Waals surface area contributed by atoms with Gasteiger partial charge in [0.15, 0.2) is 0 Å². The maximum Gasteiger partial charge on any atom is 0.234 e. The van der Waals surface area contributed by atoms with Crippen molar-refractivity contribution in [2.24, 2.45) is 5.92 Å². The number of hydrogen-bond donors (Lipinski definition) is 2. The van der Waals surface area contributed by atoms with E-state index in [-0.39, 0.29) is 12.5 Å². The van der Waals surface area contributed by atoms with Crippen LogP contribution in [0.2, 0.25) is 0 Å². The first-order valence-corrected chi connectivity index (χ1v) is 7.20. The molecule has 0 saturated carbocycles. The molecule has 2 heterocycles. The Bertz CT molecular complexity index is 405. The van der Waals surface area contributed by atoms with Gasteiger partial charge in [0.05, 0.1) is 13.1 Å². The first-order chi connectivity index (χ1) is 8.69. The fraction of sp³-hybridized carbons (Fsp3) is 0.615. The van der Waals surface area contributed by atoms with Gasteiger partial charge in [0.1, 0.15) is 0 Å². The molecule has 1 aliphatic heterocycles. The van der Waals surface area contributed by atoms with E-state index in [4.69, 9.17) is 5.11 Å². The SMILES string of the molecule is Cc1ccsc1CNC(=O)CN1CCC(CO)C1. The predicted octanol–water partition coefficient (Wildman–Crippen LogP) is 0.987. The summed E-state index contributed by atoms with van der Waals surface area (Å²) in [4.78, 5) is 15.1. The molecular formula is C13H20N2O2S. The molecule has 1 atom stereocenters. The quantitative estimate of drug-likeness (QED) is 0.837. The summed E-state index contributed by atoms with van der Waals surface area (Å²) >= 11 is 1.68. The number of amides is 1. The first kappa shape index (κ1) is 13.5. The summed E-state index contributed by atoms with van der Waals surface area (Å²) in [7, 11) is 0. The smallest absolute Gasteiger partial charge is 0.234 e. The van der Waals surface area contributed by atoms with Crippen LogP contribution in [0.25, 0.3) is 0 Å². The molecule has 0 aromatic carbocycles. The number of nitrogens with zero attached hydrogens (tertiary/aromatic N) is 1. The Morgan fingerprint density at radius 1 is 1.67 bits per heavy atom. The number of carbonyl (C=O) groups is 1. The van der Waals surface area contributed by atoms with E-state index in [1.54, 1.807) is 11.3 Å². The van der Waals surface area contributed by atoms with Crippen LogP contribution in [0.4, 0.5) is 0 Å². The largest absolute Gasteiger partial charge is 0.396 e. The molecule has 0 bridgehead atoms. The lowest BCUT2D eigenvalue weighted by atomic mass is 10.1. The van der Waals surface area contributed by atoms with Gasteiger partial charge in [0.2, 0.25) is 5.91 Å². The molecule has 100 valence electrons. The Morgan fingerprint density at radius 3 is 3.11 bits per heavy atom. The van der Waals surface area contributed by atoms with E-state index in [0.717, 1.165) is 19.5 Å². The van der Waals surface area contributed by atoms with Crippen molar-refractivity contribution in [1.29, 1.82) is 0 Å². The molecule has 2 N–H and O–H groups in total. The molecule has 0 aliphatic carbocycles. The van der Waals surface area contributed by atoms with Gasteiger partial charge in [-0.2, -0.15) is 0 Å². The van der Waals surface area contributed by atoms with Crippen molar-refractivity contribution in [3.63, 3.8) is 0 Å². The molecule has 1 aromatic rings. The van der Waals surface area contributed by atoms with Gasteiger partial charge in [0, 0.05) is 18.0 Å². The summed E-state index contributed by atoms with van der Waals surface area (Å²) in [5, 5.41) is 14.0. The molecule has 0 radical (unpaired) electrons. The number of aryl methyl sites for hydroxylation is 1. The van der Waals surface area contributed by atoms with Gasteiger partial charge >= 0.3 is 0 Å². The van der Waals surface area contributed by atoms with Gasteiger partial charge in [-0.3, -0.25) is 9.69 Å². The lowest BCUT2D eigenvalue weighted by molar-refractivity contribution is -0.122. The molecule has 1 aromatic heterocycles. The zero-order valence-electron chi connectivity index (χ0n) is 10.7. The van der Waals surface area contributed by atoms with Crippen LogP contribution in [0.3, 0.4) is 0 Å². The van der Waals surface area contributed by atoms with Gasteiger partial charge in [0.25, 0.3) is 0 Å². The normalized spacial score (nSPS) is 20.2. The van der Waals surface area contributed by atoms with Crippen molar-refractivity contribution in [3.05, 3.63) is 21.9 Å². The third kappa shape index (κ3) is 3.54. The van der Waals surface area contributed by atoms with E-state index < -0.39 is 0 Å². The molecule has 1 aliphatic rings. The Kier molecular flexibility index (Phi) is 4.74. The van der Waals surface area contributed by atoms with Crippen LogP contribution in [-0.2, 0) is 11.3 Å². The molecule has 1 saturated heterocycles. The number of aliphatic hydroxyl groups is 1. The lowest BCUT2D eigenvalue weighted by Gasteiger charge is -2.15. The van der Waals surface area contributed by atoms with Crippen LogP contribution in [0, 0.1) is 12.8 Å². The van der Waals surface area contributed by atoms with Crippen LogP contribution >= 0.6 is 11.3 Å². The summed E-state index contributed by atoms with van der Waals surface area (Å²) in [6, 6.07) is 2.07. The summed E-state index contributed by atoms with van der Waals surface area (Å²) in [6.07, 6.45) is 0.994. The number of aliphatic hydroxyl groups excluding tert-OH is 1. The maximum absolute atomic E-state index is 11.8. The molecular weight excluding hydrogens is 248 g/mol. The Labute approximate surface area is 112 Å². The molecule has 18 heavy (non-hydrogen) atoms. The summed E-state index contributed by atoms with van der Waals surface area (Å²) in [5.41, 5.74) is 1.24. The van der Waals surface area contributed by atoms with Crippen LogP contribution in [-0.4, -0.2) is 42.2 Å². The minimum atomic E-state index is 0.0707. The van der Waals surface area contributed by atoms with E-state index in [0.29, 0.717) is 19.0 Å². The van der Waals surface area contributed by atoms with Gasteiger partial charge in [-0.25, -0.2) is 0 Å². The fourth-order valence-electron chi connectivity index (χ4n) is 2.23. The number of rotatable bonds is 5. The second kappa shape index (κ2) is 6.31. The van der Waals surface area contributed by atoms with Crippen molar-refractivity contribution in [2.75, 3.05) is 26.2 Å². The average Bonchev–Trinajstić information content (AvgIpc) is 2.96. The highest BCUT2D eigenvalue weighted by molar-refractivity contribution is 7.10. The highest BCUT2D eigenvalue weighted by atomic mass is 32.1. The standard InChI is InChI=1S/C13H20N2O2S/c1-10-3-5-18-12(10)6-14-13(17)8-15-4-2-11(7-15)9-16/h3,5,11,16H,2,4,6-9H2,1H3,(H,14,17). The highest BCUT2D eigenvalue weighted by Gasteiger charge is 2.23. The minimum absolute atomic E-state index is 0.0707. The fourth-order valence-corrected chi connectivity index (χ4v) is 3.07. The summed E-state index contributed by atoms with van der Waals surface area (Å²) in [6.45, 7) is 5.11. The zero-order chi connectivity index (χ0) is 13.0. The monoisotopic (exact) mass is 268 g/mol. The molecule has 4 nitrogen and oxygen atoms in total. The maximum atomic E-state index is 11.8. The summed E-state index contributed by atoms with van der Waals surface area (Å²) < 4.78 is 0. The van der Waals surface area contributed by atoms with E-state index >= 15 is 0 Å². The van der Waals surface area contributed by atoms with E-state index in [1.807, 2.05) is 5.38 Å².